The van der Waals surface area contributed by atoms with Gasteiger partial charge in [-0.15, -0.1) is 0 Å². The molecule has 0 unspecified atom stereocenters. The maximum Gasteiger partial charge on any atom is 0.248 e. The van der Waals surface area contributed by atoms with Gasteiger partial charge in [-0.25, -0.2) is 0 Å². The molecule has 0 aromatic heterocycles. The predicted molar refractivity (Wildman–Crippen MR) is 117 cm³/mol. The average Bonchev–Trinajstić information content (AvgIpc) is 2.66. The van der Waals surface area contributed by atoms with Crippen molar-refractivity contribution in [2.75, 3.05) is 38.0 Å². The lowest BCUT2D eigenvalue weighted by molar-refractivity contribution is -0.111. The van der Waals surface area contributed by atoms with E-state index in [0.717, 1.165) is 28.9 Å². The Labute approximate surface area is 171 Å². The first-order chi connectivity index (χ1) is 13.3. The lowest BCUT2D eigenvalue weighted by atomic mass is 10.1. The fourth-order valence-corrected chi connectivity index (χ4v) is 2.87. The standard InChI is InChI=1S/C22H27ClN2O3/c1-6-11-28-22-18(23)13-16(14-20(22)27-5)7-10-21(26)24-19-9-8-17(25(3)4)12-15(19)2/h7-10,12-14H,6,11H2,1-5H3,(H,24,26)/b10-7+. The van der Waals surface area contributed by atoms with Crippen LogP contribution in [-0.2, 0) is 4.79 Å². The van der Waals surface area contributed by atoms with E-state index in [4.69, 9.17) is 21.1 Å². The van der Waals surface area contributed by atoms with Crippen LogP contribution in [0, 0.1) is 6.92 Å². The van der Waals surface area contributed by atoms with Crippen molar-refractivity contribution < 1.29 is 14.3 Å². The van der Waals surface area contributed by atoms with Gasteiger partial charge in [0.05, 0.1) is 18.7 Å². The minimum atomic E-state index is -0.220. The highest BCUT2D eigenvalue weighted by molar-refractivity contribution is 6.32. The number of hydrogen-bond donors (Lipinski definition) is 1. The first kappa shape index (κ1) is 21.6. The zero-order valence-electron chi connectivity index (χ0n) is 17.0. The van der Waals surface area contributed by atoms with E-state index in [-0.39, 0.29) is 5.91 Å². The summed E-state index contributed by atoms with van der Waals surface area (Å²) >= 11 is 6.31. The molecule has 0 saturated heterocycles. The Balaban J connectivity index is 2.12. The van der Waals surface area contributed by atoms with Crippen LogP contribution in [-0.4, -0.2) is 33.7 Å². The van der Waals surface area contributed by atoms with E-state index in [0.29, 0.717) is 23.1 Å². The number of aryl methyl sites for hydroxylation is 1. The van der Waals surface area contributed by atoms with Gasteiger partial charge < -0.3 is 19.7 Å². The number of ether oxygens (including phenoxy) is 2. The summed E-state index contributed by atoms with van der Waals surface area (Å²) < 4.78 is 11.0. The number of nitrogens with zero attached hydrogens (tertiary/aromatic N) is 1. The topological polar surface area (TPSA) is 50.8 Å². The molecule has 0 aliphatic rings. The summed E-state index contributed by atoms with van der Waals surface area (Å²) in [6.45, 7) is 4.54. The largest absolute Gasteiger partial charge is 0.493 e. The molecule has 2 rings (SSSR count). The van der Waals surface area contributed by atoms with Crippen LogP contribution in [0.3, 0.4) is 0 Å². The van der Waals surface area contributed by atoms with E-state index in [1.807, 2.05) is 51.0 Å². The first-order valence-electron chi connectivity index (χ1n) is 9.13. The molecule has 2 aromatic carbocycles. The number of amides is 1. The quantitative estimate of drug-likeness (QED) is 0.619. The van der Waals surface area contributed by atoms with Crippen LogP contribution in [0.4, 0.5) is 11.4 Å². The van der Waals surface area contributed by atoms with Crippen molar-refractivity contribution in [1.82, 2.24) is 0 Å². The van der Waals surface area contributed by atoms with Crippen LogP contribution in [0.15, 0.2) is 36.4 Å². The smallest absolute Gasteiger partial charge is 0.248 e. The van der Waals surface area contributed by atoms with Crippen molar-refractivity contribution >= 4 is 35.0 Å². The van der Waals surface area contributed by atoms with E-state index in [9.17, 15) is 4.79 Å². The van der Waals surface area contributed by atoms with Gasteiger partial charge in [0, 0.05) is 31.5 Å². The summed E-state index contributed by atoms with van der Waals surface area (Å²) in [6, 6.07) is 9.43. The number of methoxy groups -OCH3 is 1. The predicted octanol–water partition coefficient (Wildman–Crippen LogP) is 5.16. The highest BCUT2D eigenvalue weighted by atomic mass is 35.5. The van der Waals surface area contributed by atoms with E-state index < -0.39 is 0 Å². The van der Waals surface area contributed by atoms with Crippen molar-refractivity contribution in [3.05, 3.63) is 52.6 Å². The Bertz CT molecular complexity index is 863. The van der Waals surface area contributed by atoms with Crippen LogP contribution in [0.25, 0.3) is 6.08 Å². The normalized spacial score (nSPS) is 10.8. The van der Waals surface area contributed by atoms with Crippen molar-refractivity contribution in [2.45, 2.75) is 20.3 Å². The van der Waals surface area contributed by atoms with Crippen LogP contribution in [0.2, 0.25) is 5.02 Å². The van der Waals surface area contributed by atoms with Gasteiger partial charge in [-0.2, -0.15) is 0 Å². The molecule has 0 bridgehead atoms. The fourth-order valence-electron chi connectivity index (χ4n) is 2.59. The van der Waals surface area contributed by atoms with Crippen molar-refractivity contribution in [2.24, 2.45) is 0 Å². The molecule has 6 heteroatoms. The second-order valence-electron chi connectivity index (χ2n) is 6.60. The molecule has 0 atom stereocenters. The van der Waals surface area contributed by atoms with Gasteiger partial charge in [0.25, 0.3) is 0 Å². The van der Waals surface area contributed by atoms with Crippen LogP contribution >= 0.6 is 11.6 Å². The number of carbonyl (C=O) groups is 1. The average molecular weight is 403 g/mol. The maximum absolute atomic E-state index is 12.3. The molecule has 0 saturated carbocycles. The Morgan fingerprint density at radius 3 is 2.61 bits per heavy atom. The first-order valence-corrected chi connectivity index (χ1v) is 9.50. The third-order valence-corrected chi connectivity index (χ3v) is 4.39. The van der Waals surface area contributed by atoms with Gasteiger partial charge in [-0.3, -0.25) is 4.79 Å². The molecule has 28 heavy (non-hydrogen) atoms. The summed E-state index contributed by atoms with van der Waals surface area (Å²) in [6.07, 6.45) is 4.03. The SMILES string of the molecule is CCCOc1c(Cl)cc(/C=C/C(=O)Nc2ccc(N(C)C)cc2C)cc1OC. The molecule has 0 aliphatic carbocycles. The number of hydrogen-bond acceptors (Lipinski definition) is 4. The number of benzene rings is 2. The number of carbonyl (C=O) groups excluding carboxylic acids is 1. The Hall–Kier alpha value is -2.66. The second kappa shape index (κ2) is 10.0. The van der Waals surface area contributed by atoms with E-state index in [1.165, 1.54) is 6.08 Å². The lowest BCUT2D eigenvalue weighted by Gasteiger charge is -2.15. The molecular formula is C22H27ClN2O3. The molecule has 0 heterocycles. The van der Waals surface area contributed by atoms with Crippen LogP contribution < -0.4 is 19.7 Å². The van der Waals surface area contributed by atoms with Gasteiger partial charge in [0.15, 0.2) is 11.5 Å². The molecule has 0 fully saturated rings. The minimum Gasteiger partial charge on any atom is -0.493 e. The Morgan fingerprint density at radius 2 is 2.00 bits per heavy atom. The molecular weight excluding hydrogens is 376 g/mol. The van der Waals surface area contributed by atoms with Gasteiger partial charge in [-0.05, 0) is 60.9 Å². The fraction of sp³-hybridized carbons (Fsp3) is 0.318. The molecule has 5 nitrogen and oxygen atoms in total. The highest BCUT2D eigenvalue weighted by Gasteiger charge is 2.11. The Morgan fingerprint density at radius 1 is 1.25 bits per heavy atom. The van der Waals surface area contributed by atoms with Crippen molar-refractivity contribution in [3.8, 4) is 11.5 Å². The maximum atomic E-state index is 12.3. The van der Waals surface area contributed by atoms with Gasteiger partial charge in [0.1, 0.15) is 0 Å². The van der Waals surface area contributed by atoms with Crippen LogP contribution in [0.1, 0.15) is 24.5 Å². The summed E-state index contributed by atoms with van der Waals surface area (Å²) in [5.41, 5.74) is 3.60. The minimum absolute atomic E-state index is 0.220. The summed E-state index contributed by atoms with van der Waals surface area (Å²) in [7, 11) is 5.52. The zero-order valence-corrected chi connectivity index (χ0v) is 17.8. The van der Waals surface area contributed by atoms with Gasteiger partial charge in [0.2, 0.25) is 5.91 Å². The summed E-state index contributed by atoms with van der Waals surface area (Å²) in [4.78, 5) is 14.3. The number of anilines is 2. The molecule has 1 N–H and O–H groups in total. The van der Waals surface area contributed by atoms with Crippen LogP contribution in [0.5, 0.6) is 11.5 Å². The zero-order chi connectivity index (χ0) is 20.7. The number of rotatable bonds is 8. The third kappa shape index (κ3) is 5.67. The highest BCUT2D eigenvalue weighted by Crippen LogP contribution is 2.36. The molecule has 2 aromatic rings. The third-order valence-electron chi connectivity index (χ3n) is 4.11. The second-order valence-corrected chi connectivity index (χ2v) is 7.01. The summed E-state index contributed by atoms with van der Waals surface area (Å²) in [5.74, 6) is 0.836. The van der Waals surface area contributed by atoms with Crippen molar-refractivity contribution in [1.29, 1.82) is 0 Å². The number of nitrogens with one attached hydrogen (secondary N) is 1. The van der Waals surface area contributed by atoms with E-state index in [1.54, 1.807) is 25.3 Å². The Kier molecular flexibility index (Phi) is 7.76. The van der Waals surface area contributed by atoms with E-state index >= 15 is 0 Å². The summed E-state index contributed by atoms with van der Waals surface area (Å²) in [5, 5.41) is 3.34. The van der Waals surface area contributed by atoms with Gasteiger partial charge in [-0.1, -0.05) is 18.5 Å². The molecule has 0 spiro atoms. The monoisotopic (exact) mass is 402 g/mol. The number of halogens is 1. The molecule has 0 aliphatic heterocycles. The van der Waals surface area contributed by atoms with Crippen molar-refractivity contribution in [3.63, 3.8) is 0 Å². The molecule has 0 radical (unpaired) electrons. The molecule has 1 amide bonds. The van der Waals surface area contributed by atoms with E-state index in [2.05, 4.69) is 5.32 Å². The molecule has 150 valence electrons. The lowest BCUT2D eigenvalue weighted by Crippen LogP contribution is -2.11. The van der Waals surface area contributed by atoms with Gasteiger partial charge >= 0.3 is 0 Å².